The summed E-state index contributed by atoms with van der Waals surface area (Å²) in [5.74, 6) is 1.22. The molecule has 1 aromatic heterocycles. The van der Waals surface area contributed by atoms with Crippen molar-refractivity contribution in [2.24, 2.45) is 4.99 Å². The molecule has 3 aromatic rings. The molecule has 0 atom stereocenters. The van der Waals surface area contributed by atoms with E-state index in [4.69, 9.17) is 14.7 Å². The third-order valence-corrected chi connectivity index (χ3v) is 3.97. The summed E-state index contributed by atoms with van der Waals surface area (Å²) in [4.78, 5) is 4.32. The van der Waals surface area contributed by atoms with Crippen molar-refractivity contribution < 1.29 is 9.47 Å². The maximum atomic E-state index is 8.89. The van der Waals surface area contributed by atoms with Gasteiger partial charge in [0, 0.05) is 12.3 Å². The van der Waals surface area contributed by atoms with E-state index in [1.807, 2.05) is 51.2 Å². The van der Waals surface area contributed by atoms with Crippen LogP contribution in [-0.2, 0) is 4.74 Å². The molecular weight excluding hydrogens is 340 g/mol. The standard InChI is InChI=1S/C21H20N4O2/c1-4-26-14-23-19-11-16(3)20(12-15(19)2)27-21-9-10-25(24-21)18-7-5-17(13-22)6-8-18/h5-12,14H,4H2,1-3H3/b23-14+. The zero-order valence-corrected chi connectivity index (χ0v) is 15.5. The van der Waals surface area contributed by atoms with Crippen molar-refractivity contribution in [3.8, 4) is 23.4 Å². The Labute approximate surface area is 158 Å². The monoisotopic (exact) mass is 360 g/mol. The average Bonchev–Trinajstić information content (AvgIpc) is 3.14. The lowest BCUT2D eigenvalue weighted by molar-refractivity contribution is 0.344. The minimum atomic E-state index is 0.493. The van der Waals surface area contributed by atoms with E-state index in [1.165, 1.54) is 6.40 Å². The van der Waals surface area contributed by atoms with Crippen LogP contribution in [0.5, 0.6) is 11.6 Å². The van der Waals surface area contributed by atoms with Gasteiger partial charge >= 0.3 is 0 Å². The number of aryl methyl sites for hydroxylation is 2. The lowest BCUT2D eigenvalue weighted by Crippen LogP contribution is -1.96. The van der Waals surface area contributed by atoms with E-state index in [0.29, 0.717) is 18.1 Å². The quantitative estimate of drug-likeness (QED) is 0.465. The minimum Gasteiger partial charge on any atom is -0.483 e. The van der Waals surface area contributed by atoms with Crippen LogP contribution in [0, 0.1) is 25.2 Å². The highest BCUT2D eigenvalue weighted by Crippen LogP contribution is 2.31. The first-order valence-electron chi connectivity index (χ1n) is 8.60. The van der Waals surface area contributed by atoms with Crippen molar-refractivity contribution in [1.29, 1.82) is 5.26 Å². The second-order valence-electron chi connectivity index (χ2n) is 5.95. The van der Waals surface area contributed by atoms with Crippen molar-refractivity contribution in [3.05, 3.63) is 65.4 Å². The van der Waals surface area contributed by atoms with Crippen molar-refractivity contribution in [2.45, 2.75) is 20.8 Å². The highest BCUT2D eigenvalue weighted by molar-refractivity contribution is 5.61. The molecule has 0 saturated carbocycles. The Balaban J connectivity index is 1.78. The normalized spacial score (nSPS) is 10.7. The van der Waals surface area contributed by atoms with Gasteiger partial charge in [0.2, 0.25) is 5.88 Å². The fourth-order valence-corrected chi connectivity index (χ4v) is 2.50. The van der Waals surface area contributed by atoms with Crippen LogP contribution in [-0.4, -0.2) is 22.8 Å². The van der Waals surface area contributed by atoms with Crippen LogP contribution >= 0.6 is 0 Å². The summed E-state index contributed by atoms with van der Waals surface area (Å²) in [5.41, 5.74) is 4.25. The Morgan fingerprint density at radius 1 is 1.15 bits per heavy atom. The van der Waals surface area contributed by atoms with Gasteiger partial charge in [-0.15, -0.1) is 5.10 Å². The van der Waals surface area contributed by atoms with Gasteiger partial charge in [0.15, 0.2) is 6.40 Å². The molecule has 2 aromatic carbocycles. The SMILES string of the molecule is CCO/C=N/c1cc(C)c(Oc2ccn(-c3ccc(C#N)cc3)n2)cc1C. The first-order chi connectivity index (χ1) is 13.1. The summed E-state index contributed by atoms with van der Waals surface area (Å²) < 4.78 is 12.8. The molecule has 0 radical (unpaired) electrons. The summed E-state index contributed by atoms with van der Waals surface area (Å²) in [6, 6.07) is 15.0. The van der Waals surface area contributed by atoms with Crippen molar-refractivity contribution in [3.63, 3.8) is 0 Å². The zero-order chi connectivity index (χ0) is 19.2. The molecule has 0 N–H and O–H groups in total. The molecule has 0 unspecified atom stereocenters. The maximum Gasteiger partial charge on any atom is 0.238 e. The molecule has 0 aliphatic rings. The van der Waals surface area contributed by atoms with E-state index in [9.17, 15) is 0 Å². The number of hydrogen-bond acceptors (Lipinski definition) is 5. The molecule has 0 aliphatic heterocycles. The highest BCUT2D eigenvalue weighted by Gasteiger charge is 2.09. The zero-order valence-electron chi connectivity index (χ0n) is 15.5. The van der Waals surface area contributed by atoms with Crippen LogP contribution in [0.1, 0.15) is 23.6 Å². The molecule has 0 aliphatic carbocycles. The van der Waals surface area contributed by atoms with E-state index in [2.05, 4.69) is 16.2 Å². The van der Waals surface area contributed by atoms with E-state index < -0.39 is 0 Å². The molecule has 6 nitrogen and oxygen atoms in total. The maximum absolute atomic E-state index is 8.89. The van der Waals surface area contributed by atoms with Crippen LogP contribution in [0.2, 0.25) is 0 Å². The van der Waals surface area contributed by atoms with Gasteiger partial charge in [-0.05, 0) is 68.3 Å². The van der Waals surface area contributed by atoms with Crippen molar-refractivity contribution in [2.75, 3.05) is 6.61 Å². The number of nitrogens with zero attached hydrogens (tertiary/aromatic N) is 4. The van der Waals surface area contributed by atoms with Gasteiger partial charge in [-0.1, -0.05) is 0 Å². The molecule has 0 saturated heterocycles. The molecule has 1 heterocycles. The van der Waals surface area contributed by atoms with Gasteiger partial charge in [0.05, 0.1) is 29.6 Å². The number of benzene rings is 2. The van der Waals surface area contributed by atoms with Gasteiger partial charge < -0.3 is 9.47 Å². The Kier molecular flexibility index (Phi) is 5.53. The van der Waals surface area contributed by atoms with Crippen LogP contribution in [0.3, 0.4) is 0 Å². The summed E-state index contributed by atoms with van der Waals surface area (Å²) in [5, 5.41) is 13.3. The lowest BCUT2D eigenvalue weighted by Gasteiger charge is -2.09. The van der Waals surface area contributed by atoms with Crippen LogP contribution < -0.4 is 4.74 Å². The second-order valence-corrected chi connectivity index (χ2v) is 5.95. The second kappa shape index (κ2) is 8.19. The summed E-state index contributed by atoms with van der Waals surface area (Å²) in [6.45, 7) is 6.44. The van der Waals surface area contributed by atoms with E-state index in [1.54, 1.807) is 22.9 Å². The molecular formula is C21H20N4O2. The number of aromatic nitrogens is 2. The molecule has 27 heavy (non-hydrogen) atoms. The van der Waals surface area contributed by atoms with Crippen LogP contribution in [0.15, 0.2) is 53.7 Å². The summed E-state index contributed by atoms with van der Waals surface area (Å²) >= 11 is 0. The van der Waals surface area contributed by atoms with Crippen molar-refractivity contribution in [1.82, 2.24) is 9.78 Å². The fourth-order valence-electron chi connectivity index (χ4n) is 2.50. The lowest BCUT2D eigenvalue weighted by atomic mass is 10.1. The molecule has 0 bridgehead atoms. The van der Waals surface area contributed by atoms with Gasteiger partial charge in [0.25, 0.3) is 0 Å². The van der Waals surface area contributed by atoms with Gasteiger partial charge in [-0.2, -0.15) is 5.26 Å². The topological polar surface area (TPSA) is 72.4 Å². The summed E-state index contributed by atoms with van der Waals surface area (Å²) in [6.07, 6.45) is 3.28. The molecule has 6 heteroatoms. The first kappa shape index (κ1) is 18.2. The Hall–Kier alpha value is -3.59. The molecule has 0 spiro atoms. The largest absolute Gasteiger partial charge is 0.483 e. The van der Waals surface area contributed by atoms with Crippen molar-refractivity contribution >= 4 is 12.1 Å². The average molecular weight is 360 g/mol. The number of ether oxygens (including phenoxy) is 2. The first-order valence-corrected chi connectivity index (χ1v) is 8.60. The predicted octanol–water partition coefficient (Wildman–Crippen LogP) is 4.85. The van der Waals surface area contributed by atoms with Crippen LogP contribution in [0.4, 0.5) is 5.69 Å². The van der Waals surface area contributed by atoms with E-state index >= 15 is 0 Å². The minimum absolute atomic E-state index is 0.493. The fraction of sp³-hybridized carbons (Fsp3) is 0.190. The van der Waals surface area contributed by atoms with Gasteiger partial charge in [-0.3, -0.25) is 0 Å². The molecule has 3 rings (SSSR count). The molecule has 0 fully saturated rings. The van der Waals surface area contributed by atoms with E-state index in [0.717, 1.165) is 28.3 Å². The van der Waals surface area contributed by atoms with Gasteiger partial charge in [0.1, 0.15) is 5.75 Å². The molecule has 136 valence electrons. The van der Waals surface area contributed by atoms with Gasteiger partial charge in [-0.25, -0.2) is 9.67 Å². The predicted molar refractivity (Wildman–Crippen MR) is 104 cm³/mol. The number of nitriles is 1. The molecule has 0 amide bonds. The highest BCUT2D eigenvalue weighted by atomic mass is 16.5. The smallest absolute Gasteiger partial charge is 0.238 e. The third-order valence-electron chi connectivity index (χ3n) is 3.97. The third kappa shape index (κ3) is 4.33. The van der Waals surface area contributed by atoms with Crippen LogP contribution in [0.25, 0.3) is 5.69 Å². The number of aliphatic imine (C=N–C) groups is 1. The number of hydrogen-bond donors (Lipinski definition) is 0. The van der Waals surface area contributed by atoms with E-state index in [-0.39, 0.29) is 0 Å². The Morgan fingerprint density at radius 3 is 2.63 bits per heavy atom. The number of rotatable bonds is 6. The Morgan fingerprint density at radius 2 is 1.93 bits per heavy atom. The Bertz CT molecular complexity index is 998. The summed E-state index contributed by atoms with van der Waals surface area (Å²) in [7, 11) is 0.